The third-order valence-corrected chi connectivity index (χ3v) is 15.9. The fraction of sp³-hybridized carbons (Fsp3) is 0.457. The zero-order chi connectivity index (χ0) is 74.0. The predicted molar refractivity (Wildman–Crippen MR) is 364 cm³/mol. The lowest BCUT2D eigenvalue weighted by Crippen LogP contribution is -2.54. The Morgan fingerprint density at radius 1 is 0.450 bits per heavy atom. The quantitative estimate of drug-likeness (QED) is 0.0135. The van der Waals surface area contributed by atoms with Gasteiger partial charge in [-0.3, -0.25) is 73.7 Å². The molecule has 3 fully saturated rings. The Morgan fingerprint density at radius 3 is 1.17 bits per heavy atom. The van der Waals surface area contributed by atoms with Crippen LogP contribution in [0.5, 0.6) is 23.0 Å². The number of fused-ring (bicyclic) bond motifs is 2. The number of phenols is 1. The third kappa shape index (κ3) is 24.2. The van der Waals surface area contributed by atoms with Crippen molar-refractivity contribution in [3.8, 4) is 23.0 Å². The number of ether oxygens (including phenoxy) is 7. The number of phenolic OH excluding ortho intramolecular Hbond substituents is 1. The number of amides is 10. The van der Waals surface area contributed by atoms with Crippen molar-refractivity contribution in [1.82, 2.24) is 25.8 Å². The van der Waals surface area contributed by atoms with Crippen LogP contribution in [0.3, 0.4) is 0 Å². The minimum Gasteiger partial charge on any atom is -0.508 e. The first-order valence-corrected chi connectivity index (χ1v) is 33.8. The van der Waals surface area contributed by atoms with Crippen molar-refractivity contribution in [3.05, 3.63) is 117 Å². The number of aromatic hydroxyl groups is 1. The SMILES string of the molecule is CCCCCBr.CCCCCOc1ccc(C(=O)OC)c(C(=O)OC)c1.CCCCCOc1ccc2c(c1)C(=O)N(C1CCC(=O)NC1=O)C2=O.COC(=O)c1ccc(O)cc1C(=O)OC.NC1CCC(=O)NC1=O.NCCCCOc1ccc2c(c1)C(=O)N(C1CCC(=O)NC1=O)C2=O. The van der Waals surface area contributed by atoms with E-state index in [0.717, 1.165) is 67.2 Å². The average Bonchev–Trinajstić information content (AvgIpc) is 1.62. The molecule has 5 aliphatic heterocycles. The Labute approximate surface area is 587 Å². The minimum absolute atomic E-state index is 0.0237. The van der Waals surface area contributed by atoms with E-state index in [-0.39, 0.29) is 93.7 Å². The second kappa shape index (κ2) is 42.8. The fourth-order valence-corrected chi connectivity index (χ4v) is 10.3. The lowest BCUT2D eigenvalue weighted by Gasteiger charge is -2.27. The van der Waals surface area contributed by atoms with Gasteiger partial charge in [-0.2, -0.15) is 0 Å². The van der Waals surface area contributed by atoms with E-state index >= 15 is 0 Å². The summed E-state index contributed by atoms with van der Waals surface area (Å²) in [4.78, 5) is 166. The smallest absolute Gasteiger partial charge is 0.338 e. The molecule has 0 radical (unpaired) electrons. The van der Waals surface area contributed by atoms with E-state index < -0.39 is 83.4 Å². The first-order valence-electron chi connectivity index (χ1n) is 32.7. The largest absolute Gasteiger partial charge is 0.508 e. The van der Waals surface area contributed by atoms with Gasteiger partial charge in [0.05, 0.1) is 98.8 Å². The number of piperidine rings is 3. The lowest BCUT2D eigenvalue weighted by atomic mass is 10.0. The molecule has 100 heavy (non-hydrogen) atoms. The molecular formula is C70H88BrN7O22. The van der Waals surface area contributed by atoms with E-state index in [1.54, 1.807) is 30.3 Å². The molecule has 0 aliphatic carbocycles. The monoisotopic (exact) mass is 1460 g/mol. The number of halogens is 1. The molecule has 3 unspecified atom stereocenters. The van der Waals surface area contributed by atoms with Gasteiger partial charge in [-0.1, -0.05) is 75.2 Å². The Hall–Kier alpha value is -9.94. The first-order chi connectivity index (χ1) is 47.9. The number of alkyl halides is 1. The van der Waals surface area contributed by atoms with E-state index in [0.29, 0.717) is 56.5 Å². The highest BCUT2D eigenvalue weighted by atomic mass is 79.9. The van der Waals surface area contributed by atoms with Gasteiger partial charge in [0.2, 0.25) is 35.4 Å². The second-order valence-corrected chi connectivity index (χ2v) is 23.4. The van der Waals surface area contributed by atoms with Crippen molar-refractivity contribution in [3.63, 3.8) is 0 Å². The number of nitrogens with two attached hydrogens (primary N) is 2. The molecule has 5 heterocycles. The molecular weight excluding hydrogens is 1370 g/mol. The molecule has 4 aromatic carbocycles. The number of esters is 4. The van der Waals surface area contributed by atoms with E-state index in [1.807, 2.05) is 0 Å². The molecule has 9 rings (SSSR count). The van der Waals surface area contributed by atoms with Crippen LogP contribution >= 0.6 is 15.9 Å². The lowest BCUT2D eigenvalue weighted by molar-refractivity contribution is -0.137. The van der Waals surface area contributed by atoms with E-state index in [1.165, 1.54) is 89.4 Å². The van der Waals surface area contributed by atoms with Gasteiger partial charge in [0.15, 0.2) is 0 Å². The van der Waals surface area contributed by atoms with Crippen molar-refractivity contribution < 1.29 is 105 Å². The van der Waals surface area contributed by atoms with Gasteiger partial charge in [-0.15, -0.1) is 0 Å². The van der Waals surface area contributed by atoms with Gasteiger partial charge in [-0.25, -0.2) is 19.2 Å². The summed E-state index contributed by atoms with van der Waals surface area (Å²) in [6, 6.07) is 15.4. The summed E-state index contributed by atoms with van der Waals surface area (Å²) in [5, 5.41) is 16.8. The van der Waals surface area contributed by atoms with E-state index in [4.69, 9.17) is 25.7 Å². The molecule has 8 N–H and O–H groups in total. The Balaban J connectivity index is 0.000000268. The Morgan fingerprint density at radius 2 is 0.800 bits per heavy atom. The number of unbranched alkanes of at least 4 members (excludes halogenated alkanes) is 7. The standard InChI is InChI=1S/C18H20N2O5.C17H19N3O5.C15H20O5.C10H10O5.C5H11Br.C5H8N2O2/c1-2-3-4-9-25-11-5-6-12-13(10-11)18(24)20(17(12)23)14-7-8-15(21)19-16(14)22;18-7-1-2-8-25-10-3-4-11-12(9-10)17(24)20(16(11)23)13-5-6-14(21)19-15(13)22;1-4-5-6-9-20-11-7-8-12(14(16)18-2)13(10-11)15(17)19-3;1-14-9(12)7-4-3-6(11)5-8(7)10(13)15-2;1-2-3-4-5-6;6-3-1-2-4(8)7-5(3)9/h5-6,10,14H,2-4,7-9H2,1H3,(H,19,21,22);3-4,9,13H,1-2,5-8,18H2,(H,19,21,22);7-8,10H,4-6,9H2,1-3H3;3-5,11H,1-2H3;2-5H2,1H3;3H,1-2,6H2,(H,7,8,9). The van der Waals surface area contributed by atoms with Crippen molar-refractivity contribution in [2.75, 3.05) is 60.1 Å². The Bertz CT molecular complexity index is 3470. The van der Waals surface area contributed by atoms with Gasteiger partial charge >= 0.3 is 23.9 Å². The van der Waals surface area contributed by atoms with Crippen molar-refractivity contribution in [1.29, 1.82) is 0 Å². The summed E-state index contributed by atoms with van der Waals surface area (Å²) in [7, 11) is 4.92. The van der Waals surface area contributed by atoms with Crippen molar-refractivity contribution >= 4 is 98.9 Å². The van der Waals surface area contributed by atoms with Crippen LogP contribution in [0.15, 0.2) is 72.8 Å². The van der Waals surface area contributed by atoms with Crippen LogP contribution in [0.25, 0.3) is 0 Å². The number of carbonyl (C=O) groups is 14. The summed E-state index contributed by atoms with van der Waals surface area (Å²) in [6.45, 7) is 8.60. The number of benzene rings is 4. The van der Waals surface area contributed by atoms with Crippen LogP contribution in [0, 0.1) is 0 Å². The maximum absolute atomic E-state index is 12.6. The number of nitrogens with zero attached hydrogens (tertiary/aromatic N) is 2. The molecule has 3 saturated heterocycles. The number of methoxy groups -OCH3 is 4. The van der Waals surface area contributed by atoms with Crippen LogP contribution < -0.4 is 41.6 Å². The number of carbonyl (C=O) groups excluding carboxylic acids is 14. The molecule has 30 heteroatoms. The molecule has 0 aromatic heterocycles. The summed E-state index contributed by atoms with van der Waals surface area (Å²) >= 11 is 3.35. The number of hydrogen-bond donors (Lipinski definition) is 6. The van der Waals surface area contributed by atoms with Crippen LogP contribution in [-0.2, 0) is 47.7 Å². The molecule has 0 bridgehead atoms. The fourth-order valence-electron chi connectivity index (χ4n) is 9.93. The highest BCUT2D eigenvalue weighted by Gasteiger charge is 2.46. The molecule has 3 atom stereocenters. The van der Waals surface area contributed by atoms with Crippen molar-refractivity contribution in [2.24, 2.45) is 11.5 Å². The summed E-state index contributed by atoms with van der Waals surface area (Å²) < 4.78 is 35.0. The summed E-state index contributed by atoms with van der Waals surface area (Å²) in [6.07, 6.45) is 13.2. The number of imide groups is 5. The average molecular weight is 1460 g/mol. The molecule has 10 amide bonds. The van der Waals surface area contributed by atoms with Gasteiger partial charge in [0.25, 0.3) is 23.6 Å². The van der Waals surface area contributed by atoms with E-state index in [9.17, 15) is 72.2 Å². The van der Waals surface area contributed by atoms with Crippen LogP contribution in [0.2, 0.25) is 0 Å². The van der Waals surface area contributed by atoms with Crippen LogP contribution in [0.4, 0.5) is 0 Å². The van der Waals surface area contributed by atoms with E-state index in [2.05, 4.69) is 71.6 Å². The zero-order valence-electron chi connectivity index (χ0n) is 57.2. The van der Waals surface area contributed by atoms with Gasteiger partial charge in [0.1, 0.15) is 35.1 Å². The molecule has 5 aliphatic rings. The summed E-state index contributed by atoms with van der Waals surface area (Å²) in [5.74, 6) is -5.79. The van der Waals surface area contributed by atoms with Crippen LogP contribution in [0.1, 0.15) is 213 Å². The van der Waals surface area contributed by atoms with Crippen molar-refractivity contribution in [2.45, 2.75) is 148 Å². The first kappa shape index (κ1) is 82.5. The molecule has 29 nitrogen and oxygen atoms in total. The van der Waals surface area contributed by atoms with Gasteiger partial charge in [0, 0.05) is 24.6 Å². The number of rotatable bonds is 24. The topological polar surface area (TPSA) is 418 Å². The zero-order valence-corrected chi connectivity index (χ0v) is 58.8. The molecule has 0 spiro atoms. The van der Waals surface area contributed by atoms with Gasteiger partial charge < -0.3 is 49.7 Å². The second-order valence-electron chi connectivity index (χ2n) is 22.6. The van der Waals surface area contributed by atoms with Crippen LogP contribution in [-0.4, -0.2) is 176 Å². The maximum Gasteiger partial charge on any atom is 0.338 e. The molecule has 0 saturated carbocycles. The number of nitrogens with one attached hydrogen (secondary N) is 3. The van der Waals surface area contributed by atoms with Gasteiger partial charge in [-0.05, 0) is 131 Å². The minimum atomic E-state index is -0.959. The third-order valence-electron chi connectivity index (χ3n) is 15.4. The maximum atomic E-state index is 12.6. The highest BCUT2D eigenvalue weighted by molar-refractivity contribution is 9.09. The number of hydrogen-bond acceptors (Lipinski definition) is 24. The summed E-state index contributed by atoms with van der Waals surface area (Å²) in [5.41, 5.74) is 12.0. The predicted octanol–water partition coefficient (Wildman–Crippen LogP) is 6.98. The highest BCUT2D eigenvalue weighted by Crippen LogP contribution is 2.32. The normalized spacial score (nSPS) is 16.4. The molecule has 542 valence electrons. The Kier molecular flexibility index (Phi) is 35.3. The molecule has 4 aromatic rings.